The van der Waals surface area contributed by atoms with Gasteiger partial charge < -0.3 is 23.9 Å². The highest BCUT2D eigenvalue weighted by molar-refractivity contribution is 6.33. The average Bonchev–Trinajstić information content (AvgIpc) is 2.89. The van der Waals surface area contributed by atoms with Crippen molar-refractivity contribution in [3.05, 3.63) is 79.9 Å². The smallest absolute Gasteiger partial charge is 0.416 e. The average molecular weight is 582 g/mol. The van der Waals surface area contributed by atoms with Crippen molar-refractivity contribution in [1.82, 2.24) is 0 Å². The molecule has 0 aliphatic heterocycles. The minimum Gasteiger partial charge on any atom is -0.493 e. The van der Waals surface area contributed by atoms with Crippen molar-refractivity contribution in [3.63, 3.8) is 0 Å². The van der Waals surface area contributed by atoms with Gasteiger partial charge in [0.15, 0.2) is 23.9 Å². The van der Waals surface area contributed by atoms with Crippen LogP contribution in [0.3, 0.4) is 0 Å². The van der Waals surface area contributed by atoms with Gasteiger partial charge in [0.1, 0.15) is 5.58 Å². The number of ether oxygens (including phenoxy) is 3. The Bertz CT molecular complexity index is 1640. The van der Waals surface area contributed by atoms with Crippen LogP contribution in [0.5, 0.6) is 17.2 Å². The van der Waals surface area contributed by atoms with Crippen molar-refractivity contribution >= 4 is 45.8 Å². The molecule has 0 bridgehead atoms. The number of alkyl halides is 3. The van der Waals surface area contributed by atoms with Crippen LogP contribution in [0.4, 0.5) is 18.9 Å². The Hall–Kier alpha value is -3.89. The maximum atomic E-state index is 13.5. The van der Waals surface area contributed by atoms with E-state index >= 15 is 0 Å². The molecule has 0 aliphatic carbocycles. The van der Waals surface area contributed by atoms with Crippen LogP contribution in [0.25, 0.3) is 22.3 Å². The van der Waals surface area contributed by atoms with Gasteiger partial charge in [-0.05, 0) is 61.0 Å². The highest BCUT2D eigenvalue weighted by Gasteiger charge is 2.31. The summed E-state index contributed by atoms with van der Waals surface area (Å²) < 4.78 is 61.5. The molecular formula is C27H20Cl2F3NO6. The molecule has 0 spiro atoms. The summed E-state index contributed by atoms with van der Waals surface area (Å²) in [5.41, 5.74) is -0.631. The second-order valence-electron chi connectivity index (χ2n) is 8.29. The number of anilines is 1. The number of rotatable bonds is 7. The molecule has 4 aromatic rings. The summed E-state index contributed by atoms with van der Waals surface area (Å²) in [5.74, 6) is -0.435. The van der Waals surface area contributed by atoms with Gasteiger partial charge >= 0.3 is 6.18 Å². The Balaban J connectivity index is 1.73. The number of benzene rings is 3. The zero-order chi connectivity index (χ0) is 28.5. The maximum Gasteiger partial charge on any atom is 0.416 e. The standard InChI is InChI=1S/C27H20Cl2F3NO6/c1-13-8-21-16(11-18(13)29)24(35)26(25(39-21)14-4-7-20(36-2)22(9-14)37-3)38-12-23(34)33-19-10-15(27(30,31)32)5-6-17(19)28/h4-11H,12H2,1-3H3,(H,33,34). The lowest BCUT2D eigenvalue weighted by Crippen LogP contribution is -2.23. The molecule has 1 aromatic heterocycles. The molecule has 39 heavy (non-hydrogen) atoms. The number of aryl methyl sites for hydroxylation is 1. The fourth-order valence-electron chi connectivity index (χ4n) is 3.72. The predicted molar refractivity (Wildman–Crippen MR) is 141 cm³/mol. The molecule has 1 N–H and O–H groups in total. The lowest BCUT2D eigenvalue weighted by molar-refractivity contribution is -0.137. The fraction of sp³-hybridized carbons (Fsp3) is 0.185. The van der Waals surface area contributed by atoms with Crippen molar-refractivity contribution in [3.8, 4) is 28.6 Å². The van der Waals surface area contributed by atoms with Gasteiger partial charge in [-0.25, -0.2) is 0 Å². The Morgan fingerprint density at radius 2 is 1.69 bits per heavy atom. The lowest BCUT2D eigenvalue weighted by Gasteiger charge is -2.15. The van der Waals surface area contributed by atoms with Crippen LogP contribution in [-0.4, -0.2) is 26.7 Å². The van der Waals surface area contributed by atoms with Gasteiger partial charge in [-0.2, -0.15) is 13.2 Å². The van der Waals surface area contributed by atoms with E-state index in [2.05, 4.69) is 5.32 Å². The normalized spacial score (nSPS) is 11.4. The van der Waals surface area contributed by atoms with Gasteiger partial charge in [-0.3, -0.25) is 9.59 Å². The summed E-state index contributed by atoms with van der Waals surface area (Å²) in [5, 5.41) is 2.58. The molecule has 0 atom stereocenters. The lowest BCUT2D eigenvalue weighted by atomic mass is 10.1. The topological polar surface area (TPSA) is 87.0 Å². The van der Waals surface area contributed by atoms with Crippen LogP contribution in [0, 0.1) is 6.92 Å². The van der Waals surface area contributed by atoms with Gasteiger partial charge in [0.05, 0.1) is 35.9 Å². The zero-order valence-electron chi connectivity index (χ0n) is 20.7. The third kappa shape index (κ3) is 5.91. The van der Waals surface area contributed by atoms with E-state index in [4.69, 9.17) is 41.8 Å². The first-order valence-corrected chi connectivity index (χ1v) is 12.0. The number of fused-ring (bicyclic) bond motifs is 1. The van der Waals surface area contributed by atoms with E-state index < -0.39 is 29.7 Å². The molecule has 4 rings (SSSR count). The zero-order valence-corrected chi connectivity index (χ0v) is 22.2. The van der Waals surface area contributed by atoms with Crippen molar-refractivity contribution in [2.45, 2.75) is 13.1 Å². The van der Waals surface area contributed by atoms with Gasteiger partial charge in [0, 0.05) is 10.6 Å². The van der Waals surface area contributed by atoms with Crippen molar-refractivity contribution in [2.75, 3.05) is 26.1 Å². The largest absolute Gasteiger partial charge is 0.493 e. The summed E-state index contributed by atoms with van der Waals surface area (Å²) >= 11 is 12.2. The molecule has 7 nitrogen and oxygen atoms in total. The molecule has 0 fully saturated rings. The number of nitrogens with one attached hydrogen (secondary N) is 1. The van der Waals surface area contributed by atoms with E-state index in [1.165, 1.54) is 20.3 Å². The number of carbonyl (C=O) groups is 1. The molecule has 1 amide bonds. The first kappa shape index (κ1) is 28.1. The van der Waals surface area contributed by atoms with Crippen molar-refractivity contribution < 1.29 is 36.6 Å². The van der Waals surface area contributed by atoms with Crippen LogP contribution in [0.2, 0.25) is 10.0 Å². The molecule has 0 unspecified atom stereocenters. The Kier molecular flexibility index (Phi) is 7.99. The molecule has 1 heterocycles. The minimum atomic E-state index is -4.64. The van der Waals surface area contributed by atoms with Gasteiger partial charge in [0.2, 0.25) is 11.2 Å². The van der Waals surface area contributed by atoms with E-state index in [1.54, 1.807) is 31.2 Å². The fourth-order valence-corrected chi connectivity index (χ4v) is 4.05. The highest BCUT2D eigenvalue weighted by Crippen LogP contribution is 2.38. The Morgan fingerprint density at radius 3 is 2.36 bits per heavy atom. The van der Waals surface area contributed by atoms with E-state index in [9.17, 15) is 22.8 Å². The van der Waals surface area contributed by atoms with Gasteiger partial charge in [-0.15, -0.1) is 0 Å². The quantitative estimate of drug-likeness (QED) is 0.250. The molecule has 204 valence electrons. The van der Waals surface area contributed by atoms with Gasteiger partial charge in [-0.1, -0.05) is 23.2 Å². The second kappa shape index (κ2) is 11.1. The van der Waals surface area contributed by atoms with Crippen molar-refractivity contribution in [1.29, 1.82) is 0 Å². The Morgan fingerprint density at radius 1 is 0.974 bits per heavy atom. The van der Waals surface area contributed by atoms with E-state index in [0.717, 1.165) is 12.1 Å². The van der Waals surface area contributed by atoms with Crippen LogP contribution < -0.4 is 25.0 Å². The van der Waals surface area contributed by atoms with E-state index in [1.807, 2.05) is 0 Å². The van der Waals surface area contributed by atoms with Crippen molar-refractivity contribution in [2.24, 2.45) is 0 Å². The summed E-state index contributed by atoms with van der Waals surface area (Å²) in [7, 11) is 2.90. The first-order chi connectivity index (χ1) is 18.4. The predicted octanol–water partition coefficient (Wildman–Crippen LogP) is 7.13. The number of carbonyl (C=O) groups excluding carboxylic acids is 1. The molecule has 0 aliphatic rings. The molecule has 3 aromatic carbocycles. The molecular weight excluding hydrogens is 562 g/mol. The third-order valence-corrected chi connectivity index (χ3v) is 6.43. The number of hydrogen-bond acceptors (Lipinski definition) is 6. The molecule has 0 saturated heterocycles. The molecule has 12 heteroatoms. The third-order valence-electron chi connectivity index (χ3n) is 5.69. The highest BCUT2D eigenvalue weighted by atomic mass is 35.5. The number of amides is 1. The summed E-state index contributed by atoms with van der Waals surface area (Å²) in [6.07, 6.45) is -4.64. The van der Waals surface area contributed by atoms with E-state index in [0.29, 0.717) is 33.7 Å². The second-order valence-corrected chi connectivity index (χ2v) is 9.10. The molecule has 0 saturated carbocycles. The SMILES string of the molecule is COc1ccc(-c2oc3cc(C)c(Cl)cc3c(=O)c2OCC(=O)Nc2cc(C(F)(F)F)ccc2Cl)cc1OC. The van der Waals surface area contributed by atoms with Crippen LogP contribution in [0.15, 0.2) is 57.7 Å². The summed E-state index contributed by atoms with van der Waals surface area (Å²) in [6, 6.07) is 10.3. The van der Waals surface area contributed by atoms with Crippen LogP contribution >= 0.6 is 23.2 Å². The maximum absolute atomic E-state index is 13.5. The first-order valence-electron chi connectivity index (χ1n) is 11.2. The van der Waals surface area contributed by atoms with Crippen LogP contribution in [-0.2, 0) is 11.0 Å². The van der Waals surface area contributed by atoms with E-state index in [-0.39, 0.29) is 33.2 Å². The van der Waals surface area contributed by atoms with Gasteiger partial charge in [0.25, 0.3) is 5.91 Å². The monoisotopic (exact) mass is 581 g/mol. The minimum absolute atomic E-state index is 0.0138. The number of hydrogen-bond donors (Lipinski definition) is 1. The number of methoxy groups -OCH3 is 2. The summed E-state index contributed by atoms with van der Waals surface area (Å²) in [6.45, 7) is 0.994. The van der Waals surface area contributed by atoms with Crippen LogP contribution in [0.1, 0.15) is 11.1 Å². The molecule has 0 radical (unpaired) electrons. The summed E-state index contributed by atoms with van der Waals surface area (Å²) in [4.78, 5) is 26.1. The number of halogens is 5. The Labute approximate surface area is 230 Å².